The van der Waals surface area contributed by atoms with E-state index in [4.69, 9.17) is 5.73 Å². The van der Waals surface area contributed by atoms with Crippen molar-refractivity contribution in [2.75, 3.05) is 5.73 Å². The van der Waals surface area contributed by atoms with Gasteiger partial charge in [0.05, 0.1) is 6.10 Å². The lowest BCUT2D eigenvalue weighted by molar-refractivity contribution is 0.180. The van der Waals surface area contributed by atoms with Crippen LogP contribution in [0.3, 0.4) is 0 Å². The molecule has 1 atom stereocenters. The van der Waals surface area contributed by atoms with Crippen molar-refractivity contribution in [1.82, 2.24) is 4.98 Å². The van der Waals surface area contributed by atoms with Crippen molar-refractivity contribution in [2.24, 2.45) is 0 Å². The van der Waals surface area contributed by atoms with Gasteiger partial charge in [-0.15, -0.1) is 0 Å². The fourth-order valence-corrected chi connectivity index (χ4v) is 2.48. The first-order valence-corrected chi connectivity index (χ1v) is 6.61. The molecule has 0 aliphatic rings. The van der Waals surface area contributed by atoms with E-state index in [9.17, 15) is 5.11 Å². The molecule has 0 spiro atoms. The number of benzene rings is 2. The fraction of sp³-hybridized carbons (Fsp3) is 0.118. The summed E-state index contributed by atoms with van der Waals surface area (Å²) in [5.41, 5.74) is 7.63. The van der Waals surface area contributed by atoms with Gasteiger partial charge in [0.25, 0.3) is 0 Å². The number of aliphatic hydroxyl groups is 1. The number of fused-ring (bicyclic) bond motifs is 1. The average molecular weight is 264 g/mol. The van der Waals surface area contributed by atoms with Gasteiger partial charge in [0.2, 0.25) is 0 Å². The molecule has 0 saturated heterocycles. The molecule has 1 heterocycles. The number of nitrogens with zero attached hydrogens (tertiary/aromatic N) is 1. The first-order valence-electron chi connectivity index (χ1n) is 6.61. The highest BCUT2D eigenvalue weighted by Gasteiger charge is 2.13. The first-order chi connectivity index (χ1) is 9.75. The van der Waals surface area contributed by atoms with Crippen LogP contribution in [0, 0.1) is 0 Å². The van der Waals surface area contributed by atoms with E-state index in [1.807, 2.05) is 54.6 Å². The van der Waals surface area contributed by atoms with Gasteiger partial charge in [-0.1, -0.05) is 48.5 Å². The lowest BCUT2D eigenvalue weighted by Crippen LogP contribution is -2.05. The standard InChI is InChI=1S/C17H16N2O/c18-17-13(7-4-10-19-17)11-16(20)15-9-3-6-12-5-1-2-8-14(12)15/h1-10,16,20H,11H2,(H2,18,19). The van der Waals surface area contributed by atoms with Crippen molar-refractivity contribution < 1.29 is 5.11 Å². The monoisotopic (exact) mass is 264 g/mol. The summed E-state index contributed by atoms with van der Waals surface area (Å²) in [5, 5.41) is 12.7. The maximum atomic E-state index is 10.5. The lowest BCUT2D eigenvalue weighted by Gasteiger charge is -2.14. The zero-order chi connectivity index (χ0) is 13.9. The lowest BCUT2D eigenvalue weighted by atomic mass is 9.96. The number of nitrogens with two attached hydrogens (primary N) is 1. The summed E-state index contributed by atoms with van der Waals surface area (Å²) >= 11 is 0. The van der Waals surface area contributed by atoms with E-state index < -0.39 is 6.10 Å². The molecule has 0 bridgehead atoms. The van der Waals surface area contributed by atoms with Gasteiger partial charge < -0.3 is 10.8 Å². The van der Waals surface area contributed by atoms with Gasteiger partial charge in [0.15, 0.2) is 0 Å². The topological polar surface area (TPSA) is 59.1 Å². The zero-order valence-corrected chi connectivity index (χ0v) is 11.0. The van der Waals surface area contributed by atoms with Crippen LogP contribution in [0.5, 0.6) is 0 Å². The van der Waals surface area contributed by atoms with Crippen molar-refractivity contribution in [2.45, 2.75) is 12.5 Å². The highest BCUT2D eigenvalue weighted by molar-refractivity contribution is 5.86. The molecule has 2 aromatic carbocycles. The van der Waals surface area contributed by atoms with Gasteiger partial charge in [-0.25, -0.2) is 4.98 Å². The minimum absolute atomic E-state index is 0.466. The summed E-state index contributed by atoms with van der Waals surface area (Å²) in [6, 6.07) is 17.8. The Labute approximate surface area is 117 Å². The van der Waals surface area contributed by atoms with Gasteiger partial charge in [-0.2, -0.15) is 0 Å². The molecule has 0 radical (unpaired) electrons. The molecule has 1 unspecified atom stereocenters. The number of aromatic nitrogens is 1. The molecule has 0 aliphatic carbocycles. The molecule has 3 nitrogen and oxygen atoms in total. The summed E-state index contributed by atoms with van der Waals surface area (Å²) in [5.74, 6) is 0.479. The van der Waals surface area contributed by atoms with E-state index in [0.29, 0.717) is 12.2 Å². The number of hydrogen-bond acceptors (Lipinski definition) is 3. The SMILES string of the molecule is Nc1ncccc1CC(O)c1cccc2ccccc12. The maximum Gasteiger partial charge on any atom is 0.126 e. The summed E-state index contributed by atoms with van der Waals surface area (Å²) in [4.78, 5) is 4.05. The second-order valence-electron chi connectivity index (χ2n) is 4.84. The number of hydrogen-bond donors (Lipinski definition) is 2. The molecule has 0 saturated carbocycles. The van der Waals surface area contributed by atoms with Gasteiger partial charge in [-0.3, -0.25) is 0 Å². The first kappa shape index (κ1) is 12.6. The number of nitrogen functional groups attached to an aromatic ring is 1. The number of anilines is 1. The Bertz CT molecular complexity index is 734. The van der Waals surface area contributed by atoms with Crippen LogP contribution in [0.2, 0.25) is 0 Å². The van der Waals surface area contributed by atoms with Crippen LogP contribution in [0.4, 0.5) is 5.82 Å². The van der Waals surface area contributed by atoms with Crippen molar-refractivity contribution >= 4 is 16.6 Å². The van der Waals surface area contributed by atoms with E-state index in [2.05, 4.69) is 4.98 Å². The minimum atomic E-state index is -0.590. The van der Waals surface area contributed by atoms with Crippen molar-refractivity contribution in [3.63, 3.8) is 0 Å². The number of rotatable bonds is 3. The second kappa shape index (κ2) is 5.31. The van der Waals surface area contributed by atoms with Crippen molar-refractivity contribution in [3.05, 3.63) is 71.9 Å². The van der Waals surface area contributed by atoms with E-state index in [0.717, 1.165) is 21.9 Å². The van der Waals surface area contributed by atoms with Crippen molar-refractivity contribution in [1.29, 1.82) is 0 Å². The van der Waals surface area contributed by atoms with Crippen LogP contribution >= 0.6 is 0 Å². The zero-order valence-electron chi connectivity index (χ0n) is 11.0. The third-order valence-electron chi connectivity index (χ3n) is 3.52. The molecule has 0 aliphatic heterocycles. The van der Waals surface area contributed by atoms with E-state index in [1.54, 1.807) is 6.20 Å². The normalized spacial score (nSPS) is 12.4. The molecule has 1 aromatic heterocycles. The molecule has 20 heavy (non-hydrogen) atoms. The molecule has 0 amide bonds. The predicted octanol–water partition coefficient (Wildman–Crippen LogP) is 3.09. The Balaban J connectivity index is 1.97. The van der Waals surface area contributed by atoms with Gasteiger partial charge in [0, 0.05) is 12.6 Å². The van der Waals surface area contributed by atoms with Crippen LogP contribution in [-0.4, -0.2) is 10.1 Å². The van der Waals surface area contributed by atoms with Gasteiger partial charge >= 0.3 is 0 Å². The van der Waals surface area contributed by atoms with Gasteiger partial charge in [-0.05, 0) is 28.0 Å². The molecule has 3 rings (SSSR count). The molecule has 3 aromatic rings. The summed E-state index contributed by atoms with van der Waals surface area (Å²) < 4.78 is 0. The smallest absolute Gasteiger partial charge is 0.126 e. The van der Waals surface area contributed by atoms with Crippen LogP contribution in [-0.2, 0) is 6.42 Å². The molecule has 3 N–H and O–H groups in total. The average Bonchev–Trinajstić information content (AvgIpc) is 2.49. The fourth-order valence-electron chi connectivity index (χ4n) is 2.48. The largest absolute Gasteiger partial charge is 0.388 e. The Morgan fingerprint density at radius 3 is 2.65 bits per heavy atom. The Morgan fingerprint density at radius 2 is 1.80 bits per heavy atom. The summed E-state index contributed by atoms with van der Waals surface area (Å²) in [7, 11) is 0. The Morgan fingerprint density at radius 1 is 1.00 bits per heavy atom. The minimum Gasteiger partial charge on any atom is -0.388 e. The van der Waals surface area contributed by atoms with E-state index >= 15 is 0 Å². The third kappa shape index (κ3) is 2.36. The van der Waals surface area contributed by atoms with Crippen LogP contribution in [0.1, 0.15) is 17.2 Å². The molecular formula is C17H16N2O. The van der Waals surface area contributed by atoms with E-state index in [-0.39, 0.29) is 0 Å². The third-order valence-corrected chi connectivity index (χ3v) is 3.52. The molecule has 100 valence electrons. The summed E-state index contributed by atoms with van der Waals surface area (Å²) in [6.45, 7) is 0. The number of pyridine rings is 1. The Kier molecular flexibility index (Phi) is 3.35. The van der Waals surface area contributed by atoms with Crippen molar-refractivity contribution in [3.8, 4) is 0 Å². The van der Waals surface area contributed by atoms with Crippen LogP contribution in [0.15, 0.2) is 60.8 Å². The molecule has 0 fully saturated rings. The highest BCUT2D eigenvalue weighted by Crippen LogP contribution is 2.27. The molecule has 3 heteroatoms. The number of aliphatic hydroxyl groups excluding tert-OH is 1. The van der Waals surface area contributed by atoms with E-state index in [1.165, 1.54) is 0 Å². The predicted molar refractivity (Wildman–Crippen MR) is 81.3 cm³/mol. The van der Waals surface area contributed by atoms with Crippen LogP contribution < -0.4 is 5.73 Å². The second-order valence-corrected chi connectivity index (χ2v) is 4.84. The van der Waals surface area contributed by atoms with Gasteiger partial charge in [0.1, 0.15) is 5.82 Å². The Hall–Kier alpha value is -2.39. The summed E-state index contributed by atoms with van der Waals surface area (Å²) in [6.07, 6.45) is 1.53. The quantitative estimate of drug-likeness (QED) is 0.764. The highest BCUT2D eigenvalue weighted by atomic mass is 16.3. The molecular weight excluding hydrogens is 248 g/mol. The maximum absolute atomic E-state index is 10.5. The van der Waals surface area contributed by atoms with Crippen LogP contribution in [0.25, 0.3) is 10.8 Å².